The number of nitrogens with zero attached hydrogens (tertiary/aromatic N) is 1. The van der Waals surface area contributed by atoms with Crippen molar-refractivity contribution in [1.82, 2.24) is 4.72 Å². The minimum Gasteiger partial charge on any atom is -0.329 e. The van der Waals surface area contributed by atoms with Crippen LogP contribution in [0.4, 0.5) is 5.69 Å². The van der Waals surface area contributed by atoms with Gasteiger partial charge in [0.1, 0.15) is 0 Å². The second kappa shape index (κ2) is 4.45. The Labute approximate surface area is 106 Å². The molecule has 1 saturated heterocycles. The Hall–Kier alpha value is -0.820. The monoisotopic (exact) mass is 275 g/mol. The summed E-state index contributed by atoms with van der Waals surface area (Å²) < 4.78 is 27.5. The molecule has 0 aromatic heterocycles. The van der Waals surface area contributed by atoms with Crippen LogP contribution in [-0.4, -0.2) is 27.5 Å². The van der Waals surface area contributed by atoms with Crippen LogP contribution in [0.1, 0.15) is 5.56 Å². The first-order valence-electron chi connectivity index (χ1n) is 5.20. The Morgan fingerprint density at radius 3 is 2.82 bits per heavy atom. The van der Waals surface area contributed by atoms with E-state index in [9.17, 15) is 8.42 Å². The molecule has 1 aromatic carbocycles. The Morgan fingerprint density at radius 2 is 2.29 bits per heavy atom. The van der Waals surface area contributed by atoms with Gasteiger partial charge in [-0.3, -0.25) is 4.31 Å². The molecular weight excluding hydrogens is 262 g/mol. The van der Waals surface area contributed by atoms with E-state index in [0.717, 1.165) is 5.56 Å². The Bertz CT molecular complexity index is 532. The van der Waals surface area contributed by atoms with E-state index in [1.807, 2.05) is 6.92 Å². The van der Waals surface area contributed by atoms with E-state index in [0.29, 0.717) is 17.3 Å². The van der Waals surface area contributed by atoms with Crippen LogP contribution < -0.4 is 14.8 Å². The van der Waals surface area contributed by atoms with Crippen molar-refractivity contribution in [2.24, 2.45) is 5.73 Å². The van der Waals surface area contributed by atoms with Gasteiger partial charge in [-0.2, -0.15) is 13.1 Å². The van der Waals surface area contributed by atoms with Gasteiger partial charge >= 0.3 is 10.2 Å². The lowest BCUT2D eigenvalue weighted by Crippen LogP contribution is -2.33. The Kier molecular flexibility index (Phi) is 3.31. The summed E-state index contributed by atoms with van der Waals surface area (Å²) in [7, 11) is -3.49. The van der Waals surface area contributed by atoms with E-state index in [2.05, 4.69) is 4.72 Å². The maximum Gasteiger partial charge on any atom is 0.301 e. The summed E-state index contributed by atoms with van der Waals surface area (Å²) in [6.07, 6.45) is 0. The molecule has 2 rings (SSSR count). The van der Waals surface area contributed by atoms with Gasteiger partial charge < -0.3 is 5.73 Å². The van der Waals surface area contributed by atoms with Crippen molar-refractivity contribution < 1.29 is 8.42 Å². The van der Waals surface area contributed by atoms with Crippen LogP contribution in [0.5, 0.6) is 0 Å². The van der Waals surface area contributed by atoms with E-state index in [-0.39, 0.29) is 12.6 Å². The molecule has 0 spiro atoms. The SMILES string of the molecule is Cc1ccc(N2CC(CN)NS2(=O)=O)cc1Cl. The number of nitrogens with one attached hydrogen (secondary N) is 1. The highest BCUT2D eigenvalue weighted by Crippen LogP contribution is 2.26. The molecular formula is C10H14ClN3O2S. The van der Waals surface area contributed by atoms with Gasteiger partial charge in [0.2, 0.25) is 0 Å². The summed E-state index contributed by atoms with van der Waals surface area (Å²) in [5, 5.41) is 0.550. The summed E-state index contributed by atoms with van der Waals surface area (Å²) >= 11 is 5.99. The van der Waals surface area contributed by atoms with Gasteiger partial charge in [-0.1, -0.05) is 17.7 Å². The van der Waals surface area contributed by atoms with Gasteiger partial charge in [0.15, 0.2) is 0 Å². The van der Waals surface area contributed by atoms with Gasteiger partial charge in [-0.25, -0.2) is 0 Å². The molecule has 1 aliphatic heterocycles. The molecule has 1 heterocycles. The lowest BCUT2D eigenvalue weighted by Gasteiger charge is -2.16. The van der Waals surface area contributed by atoms with Crippen LogP contribution in [0.25, 0.3) is 0 Å². The van der Waals surface area contributed by atoms with Crippen molar-refractivity contribution in [1.29, 1.82) is 0 Å². The highest BCUT2D eigenvalue weighted by molar-refractivity contribution is 7.91. The van der Waals surface area contributed by atoms with Gasteiger partial charge in [-0.15, -0.1) is 0 Å². The zero-order valence-corrected chi connectivity index (χ0v) is 10.9. The first-order valence-corrected chi connectivity index (χ1v) is 7.02. The predicted octanol–water partition coefficient (Wildman–Crippen LogP) is 0.630. The zero-order valence-electron chi connectivity index (χ0n) is 9.35. The number of hydrogen-bond donors (Lipinski definition) is 2. The maximum atomic E-state index is 11.8. The smallest absolute Gasteiger partial charge is 0.301 e. The maximum absolute atomic E-state index is 11.8. The third kappa shape index (κ3) is 2.40. The summed E-state index contributed by atoms with van der Waals surface area (Å²) in [6, 6.07) is 4.93. The standard InChI is InChI=1S/C10H14ClN3O2S/c1-7-2-3-9(4-10(7)11)14-6-8(5-12)13-17(14,15)16/h2-4,8,13H,5-6,12H2,1H3. The molecule has 17 heavy (non-hydrogen) atoms. The minimum atomic E-state index is -3.49. The molecule has 3 N–H and O–H groups in total. The van der Waals surface area contributed by atoms with Gasteiger partial charge in [0.05, 0.1) is 18.3 Å². The van der Waals surface area contributed by atoms with E-state index in [4.69, 9.17) is 17.3 Å². The van der Waals surface area contributed by atoms with E-state index < -0.39 is 10.2 Å². The van der Waals surface area contributed by atoms with Gasteiger partial charge in [-0.05, 0) is 24.6 Å². The molecule has 1 aliphatic rings. The molecule has 0 aliphatic carbocycles. The fraction of sp³-hybridized carbons (Fsp3) is 0.400. The second-order valence-corrected chi connectivity index (χ2v) is 6.05. The highest BCUT2D eigenvalue weighted by atomic mass is 35.5. The lowest BCUT2D eigenvalue weighted by atomic mass is 10.2. The Balaban J connectivity index is 2.37. The van der Waals surface area contributed by atoms with Crippen LogP contribution in [0.3, 0.4) is 0 Å². The third-order valence-electron chi connectivity index (χ3n) is 2.72. The zero-order chi connectivity index (χ0) is 12.6. The number of nitrogens with two attached hydrogens (primary N) is 1. The average molecular weight is 276 g/mol. The summed E-state index contributed by atoms with van der Waals surface area (Å²) in [6.45, 7) is 2.47. The van der Waals surface area contributed by atoms with Crippen molar-refractivity contribution >= 4 is 27.5 Å². The number of aryl methyl sites for hydroxylation is 1. The quantitative estimate of drug-likeness (QED) is 0.831. The first kappa shape index (κ1) is 12.6. The van der Waals surface area contributed by atoms with Crippen molar-refractivity contribution in [2.75, 3.05) is 17.4 Å². The molecule has 0 amide bonds. The summed E-state index contributed by atoms with van der Waals surface area (Å²) in [4.78, 5) is 0. The van der Waals surface area contributed by atoms with Crippen LogP contribution in [0.2, 0.25) is 5.02 Å². The van der Waals surface area contributed by atoms with Crippen LogP contribution in [0.15, 0.2) is 18.2 Å². The molecule has 0 saturated carbocycles. The fourth-order valence-corrected chi connectivity index (χ4v) is 3.37. The fourth-order valence-electron chi connectivity index (χ4n) is 1.71. The molecule has 1 fully saturated rings. The van der Waals surface area contributed by atoms with Crippen molar-refractivity contribution in [3.8, 4) is 0 Å². The van der Waals surface area contributed by atoms with Crippen molar-refractivity contribution in [2.45, 2.75) is 13.0 Å². The van der Waals surface area contributed by atoms with E-state index in [1.54, 1.807) is 18.2 Å². The van der Waals surface area contributed by atoms with Crippen molar-refractivity contribution in [3.63, 3.8) is 0 Å². The molecule has 0 radical (unpaired) electrons. The number of benzene rings is 1. The molecule has 0 bridgehead atoms. The minimum absolute atomic E-state index is 0.250. The van der Waals surface area contributed by atoms with Crippen LogP contribution in [0, 0.1) is 6.92 Å². The molecule has 1 aromatic rings. The molecule has 5 nitrogen and oxygen atoms in total. The topological polar surface area (TPSA) is 75.4 Å². The van der Waals surface area contributed by atoms with Crippen LogP contribution >= 0.6 is 11.6 Å². The molecule has 1 unspecified atom stereocenters. The molecule has 7 heteroatoms. The summed E-state index contributed by atoms with van der Waals surface area (Å²) in [5.41, 5.74) is 6.94. The van der Waals surface area contributed by atoms with Gasteiger partial charge in [0.25, 0.3) is 0 Å². The summed E-state index contributed by atoms with van der Waals surface area (Å²) in [5.74, 6) is 0. The third-order valence-corrected chi connectivity index (χ3v) is 4.70. The molecule has 94 valence electrons. The van der Waals surface area contributed by atoms with E-state index in [1.165, 1.54) is 4.31 Å². The largest absolute Gasteiger partial charge is 0.329 e. The first-order chi connectivity index (χ1) is 7.94. The lowest BCUT2D eigenvalue weighted by molar-refractivity contribution is 0.583. The van der Waals surface area contributed by atoms with Crippen LogP contribution in [-0.2, 0) is 10.2 Å². The van der Waals surface area contributed by atoms with E-state index >= 15 is 0 Å². The predicted molar refractivity (Wildman–Crippen MR) is 68.4 cm³/mol. The van der Waals surface area contributed by atoms with Gasteiger partial charge in [0, 0.05) is 11.6 Å². The number of anilines is 1. The number of rotatable bonds is 2. The second-order valence-electron chi connectivity index (χ2n) is 4.02. The number of halogens is 1. The number of hydrogen-bond acceptors (Lipinski definition) is 3. The average Bonchev–Trinajstić information content (AvgIpc) is 2.58. The Morgan fingerprint density at radius 1 is 1.59 bits per heavy atom. The highest BCUT2D eigenvalue weighted by Gasteiger charge is 2.34. The molecule has 1 atom stereocenters. The van der Waals surface area contributed by atoms with Crippen molar-refractivity contribution in [3.05, 3.63) is 28.8 Å². The normalized spacial score (nSPS) is 23.0.